The average Bonchev–Trinajstić information content (AvgIpc) is 3.38. The van der Waals surface area contributed by atoms with Gasteiger partial charge in [0.2, 0.25) is 5.91 Å². The fourth-order valence-electron chi connectivity index (χ4n) is 7.34. The standard InChI is InChI=1S/C32H35IN2O5Si/c1-20-30(41(2,3)39)28(17-29(37)34-18-22-10-8-7-9-21(22)15-25(34)19-36)40-32(20)26-16-23(33)13-14-27(26)35(31(32)38)24-11-5-4-6-12-24/h4-14,16,20,25,28,30,36,39H,15,17-19H2,1-3H3/t20-,25+,28+,30-,32+/m1/s1. The van der Waals surface area contributed by atoms with Gasteiger partial charge in [0.05, 0.1) is 30.9 Å². The van der Waals surface area contributed by atoms with Crippen molar-refractivity contribution in [3.8, 4) is 0 Å². The summed E-state index contributed by atoms with van der Waals surface area (Å²) in [6.07, 6.45) is -0.0275. The molecule has 0 aliphatic carbocycles. The number of hydrogen-bond acceptors (Lipinski definition) is 5. The lowest BCUT2D eigenvalue weighted by atomic mass is 9.82. The molecule has 5 atom stereocenters. The number of rotatable bonds is 5. The van der Waals surface area contributed by atoms with E-state index < -0.39 is 20.0 Å². The maximum Gasteiger partial charge on any atom is 0.268 e. The summed E-state index contributed by atoms with van der Waals surface area (Å²) in [5.74, 6) is -0.684. The third-order valence-electron chi connectivity index (χ3n) is 9.13. The molecule has 3 aliphatic heterocycles. The largest absolute Gasteiger partial charge is 0.432 e. The molecule has 7 nitrogen and oxygen atoms in total. The van der Waals surface area contributed by atoms with Gasteiger partial charge in [-0.05, 0) is 83.6 Å². The predicted octanol–water partition coefficient (Wildman–Crippen LogP) is 5.10. The summed E-state index contributed by atoms with van der Waals surface area (Å²) in [5.41, 5.74) is 2.84. The van der Waals surface area contributed by atoms with Crippen molar-refractivity contribution in [1.82, 2.24) is 4.90 Å². The molecule has 1 fully saturated rings. The number of hydrogen-bond donors (Lipinski definition) is 2. The van der Waals surface area contributed by atoms with Gasteiger partial charge < -0.3 is 19.5 Å². The maximum absolute atomic E-state index is 14.6. The first-order valence-electron chi connectivity index (χ1n) is 14.1. The van der Waals surface area contributed by atoms with Gasteiger partial charge in [0.15, 0.2) is 13.9 Å². The molecule has 0 bridgehead atoms. The van der Waals surface area contributed by atoms with Crippen LogP contribution in [0.25, 0.3) is 0 Å². The maximum atomic E-state index is 14.6. The van der Waals surface area contributed by atoms with Gasteiger partial charge in [0.1, 0.15) is 0 Å². The molecule has 2 amide bonds. The molecule has 3 aromatic carbocycles. The molecule has 1 saturated heterocycles. The highest BCUT2D eigenvalue weighted by atomic mass is 127. The Hall–Kier alpha value is -2.57. The number of carbonyl (C=O) groups excluding carboxylic acids is 2. The first kappa shape index (κ1) is 28.5. The van der Waals surface area contributed by atoms with Crippen LogP contribution in [-0.4, -0.2) is 53.7 Å². The number of amides is 2. The van der Waals surface area contributed by atoms with E-state index in [0.29, 0.717) is 13.0 Å². The molecule has 3 aliphatic rings. The summed E-state index contributed by atoms with van der Waals surface area (Å²) >= 11 is 2.25. The number of carbonyl (C=O) groups is 2. The van der Waals surface area contributed by atoms with Crippen molar-refractivity contribution in [2.75, 3.05) is 11.5 Å². The van der Waals surface area contributed by atoms with Gasteiger partial charge in [-0.2, -0.15) is 0 Å². The van der Waals surface area contributed by atoms with Crippen molar-refractivity contribution >= 4 is 54.1 Å². The second kappa shape index (κ2) is 10.6. The predicted molar refractivity (Wildman–Crippen MR) is 168 cm³/mol. The van der Waals surface area contributed by atoms with Crippen molar-refractivity contribution in [2.24, 2.45) is 5.92 Å². The molecule has 0 unspecified atom stereocenters. The molecule has 41 heavy (non-hydrogen) atoms. The van der Waals surface area contributed by atoms with Crippen LogP contribution in [0.15, 0.2) is 72.8 Å². The molecule has 9 heteroatoms. The number of anilines is 2. The summed E-state index contributed by atoms with van der Waals surface area (Å²) < 4.78 is 7.86. The summed E-state index contributed by atoms with van der Waals surface area (Å²) in [6, 6.07) is 23.2. The number of nitrogens with zero attached hydrogens (tertiary/aromatic N) is 2. The van der Waals surface area contributed by atoms with Crippen molar-refractivity contribution in [3.63, 3.8) is 0 Å². The highest BCUT2D eigenvalue weighted by Crippen LogP contribution is 2.60. The van der Waals surface area contributed by atoms with Crippen molar-refractivity contribution < 1.29 is 24.2 Å². The molecule has 6 rings (SSSR count). The van der Waals surface area contributed by atoms with Crippen LogP contribution in [0, 0.1) is 9.49 Å². The second-order valence-corrected chi connectivity index (χ2v) is 17.3. The summed E-state index contributed by atoms with van der Waals surface area (Å²) in [5, 5.41) is 10.2. The molecule has 0 aromatic heterocycles. The molecular weight excluding hydrogens is 647 g/mol. The fourth-order valence-corrected chi connectivity index (χ4v) is 10.4. The van der Waals surface area contributed by atoms with E-state index in [-0.39, 0.29) is 42.3 Å². The van der Waals surface area contributed by atoms with Gasteiger partial charge in [-0.15, -0.1) is 0 Å². The Morgan fingerprint density at radius 1 is 1.07 bits per heavy atom. The number of ether oxygens (including phenoxy) is 1. The Bertz CT molecular complexity index is 1490. The van der Waals surface area contributed by atoms with Crippen molar-refractivity contribution in [2.45, 2.75) is 62.7 Å². The zero-order valence-corrected chi connectivity index (χ0v) is 26.6. The molecule has 3 heterocycles. The summed E-state index contributed by atoms with van der Waals surface area (Å²) in [7, 11) is -2.93. The Morgan fingerprint density at radius 3 is 2.44 bits per heavy atom. The number of fused-ring (bicyclic) bond motifs is 3. The number of aliphatic hydroxyl groups is 1. The number of benzene rings is 3. The molecule has 3 aromatic rings. The monoisotopic (exact) mass is 682 g/mol. The first-order valence-corrected chi connectivity index (χ1v) is 18.2. The third-order valence-corrected chi connectivity index (χ3v) is 12.3. The van der Waals surface area contributed by atoms with Gasteiger partial charge in [0, 0.05) is 32.8 Å². The van der Waals surface area contributed by atoms with Crippen LogP contribution < -0.4 is 4.90 Å². The van der Waals surface area contributed by atoms with Crippen LogP contribution >= 0.6 is 22.6 Å². The Balaban J connectivity index is 1.38. The SMILES string of the molecule is C[C@@H]1[C@@H]([Si](C)(C)O)[C@H](CC(=O)N2Cc3ccccc3C[C@H]2CO)O[C@@]12C(=O)N(c1ccccc1)c1ccc(I)cc12. The Labute approximate surface area is 255 Å². The lowest BCUT2D eigenvalue weighted by Crippen LogP contribution is -2.48. The summed E-state index contributed by atoms with van der Waals surface area (Å²) in [4.78, 5) is 43.6. The Morgan fingerprint density at radius 2 is 1.76 bits per heavy atom. The normalized spacial score (nSPS) is 27.3. The minimum atomic E-state index is -2.93. The van der Waals surface area contributed by atoms with Crippen LogP contribution in [0.2, 0.25) is 18.6 Å². The van der Waals surface area contributed by atoms with Gasteiger partial charge in [-0.1, -0.05) is 49.4 Å². The van der Waals surface area contributed by atoms with Crippen molar-refractivity contribution in [1.29, 1.82) is 0 Å². The van der Waals surface area contributed by atoms with Crippen molar-refractivity contribution in [3.05, 3.63) is 93.1 Å². The number of halogens is 1. The van der Waals surface area contributed by atoms with Crippen LogP contribution in [0.1, 0.15) is 30.0 Å². The minimum absolute atomic E-state index is 0.0320. The topological polar surface area (TPSA) is 90.3 Å². The van der Waals surface area contributed by atoms with Gasteiger partial charge in [-0.3, -0.25) is 14.5 Å². The quantitative estimate of drug-likeness (QED) is 0.289. The van der Waals surface area contributed by atoms with E-state index in [1.54, 1.807) is 9.80 Å². The van der Waals surface area contributed by atoms with Crippen LogP contribution in [0.3, 0.4) is 0 Å². The Kier molecular flexibility index (Phi) is 7.38. The fraction of sp³-hybridized carbons (Fsp3) is 0.375. The molecule has 0 radical (unpaired) electrons. The highest BCUT2D eigenvalue weighted by Gasteiger charge is 2.66. The summed E-state index contributed by atoms with van der Waals surface area (Å²) in [6.45, 7) is 6.01. The van der Waals surface area contributed by atoms with Gasteiger partial charge in [0.25, 0.3) is 5.91 Å². The van der Waals surface area contributed by atoms with E-state index in [2.05, 4.69) is 22.6 Å². The van der Waals surface area contributed by atoms with Crippen LogP contribution in [0.5, 0.6) is 0 Å². The smallest absolute Gasteiger partial charge is 0.268 e. The zero-order valence-electron chi connectivity index (χ0n) is 23.5. The molecular formula is C32H35IN2O5Si. The van der Waals surface area contributed by atoms with Crippen LogP contribution in [0.4, 0.5) is 11.4 Å². The lowest BCUT2D eigenvalue weighted by molar-refractivity contribution is -0.150. The van der Waals surface area contributed by atoms with E-state index in [0.717, 1.165) is 31.6 Å². The highest BCUT2D eigenvalue weighted by molar-refractivity contribution is 14.1. The van der Waals surface area contributed by atoms with Gasteiger partial charge in [-0.25, -0.2) is 0 Å². The lowest BCUT2D eigenvalue weighted by Gasteiger charge is -2.37. The third kappa shape index (κ3) is 4.66. The van der Waals surface area contributed by atoms with Crippen LogP contribution in [-0.2, 0) is 32.9 Å². The molecule has 214 valence electrons. The minimum Gasteiger partial charge on any atom is -0.432 e. The van der Waals surface area contributed by atoms with E-state index in [1.807, 2.05) is 92.8 Å². The number of para-hydroxylation sites is 1. The van der Waals surface area contributed by atoms with E-state index in [4.69, 9.17) is 4.74 Å². The second-order valence-electron chi connectivity index (χ2n) is 12.0. The average molecular weight is 683 g/mol. The first-order chi connectivity index (χ1) is 19.6. The zero-order chi connectivity index (χ0) is 29.1. The molecule has 1 spiro atoms. The molecule has 0 saturated carbocycles. The number of aliphatic hydroxyl groups excluding tert-OH is 1. The van der Waals surface area contributed by atoms with E-state index >= 15 is 0 Å². The van der Waals surface area contributed by atoms with Gasteiger partial charge >= 0.3 is 0 Å². The van der Waals surface area contributed by atoms with E-state index in [1.165, 1.54) is 0 Å². The molecule has 2 N–H and O–H groups in total. The van der Waals surface area contributed by atoms with E-state index in [9.17, 15) is 19.5 Å².